The first-order valence-corrected chi connectivity index (χ1v) is 10.8. The molecule has 1 unspecified atom stereocenters. The number of carbonyl (C=O) groups is 1. The van der Waals surface area contributed by atoms with Gasteiger partial charge in [0.25, 0.3) is 5.91 Å². The number of nitrogens with zero attached hydrogens (tertiary/aromatic N) is 2. The Morgan fingerprint density at radius 3 is 2.52 bits per heavy atom. The van der Waals surface area contributed by atoms with Crippen LogP contribution in [-0.2, 0) is 11.3 Å². The molecule has 1 aliphatic rings. The summed E-state index contributed by atoms with van der Waals surface area (Å²) in [7, 11) is 0. The number of aromatic nitrogens is 1. The van der Waals surface area contributed by atoms with E-state index in [9.17, 15) is 13.6 Å². The van der Waals surface area contributed by atoms with Crippen LogP contribution in [0.25, 0.3) is 10.9 Å². The molecule has 0 saturated heterocycles. The van der Waals surface area contributed by atoms with Gasteiger partial charge in [-0.15, -0.1) is 0 Å². The van der Waals surface area contributed by atoms with Crippen molar-refractivity contribution >= 4 is 39.5 Å². The molecule has 1 fully saturated rings. The molecule has 29 heavy (non-hydrogen) atoms. The molecule has 6 nitrogen and oxygen atoms in total. The molecule has 1 heterocycles. The Balaban J connectivity index is 1.75. The van der Waals surface area contributed by atoms with Gasteiger partial charge in [0.05, 0.1) is 33.7 Å². The van der Waals surface area contributed by atoms with Gasteiger partial charge in [-0.1, -0.05) is 49.6 Å². The molecule has 1 aliphatic carbocycles. The predicted molar refractivity (Wildman–Crippen MR) is 114 cm³/mol. The Morgan fingerprint density at radius 2 is 1.72 bits per heavy atom. The van der Waals surface area contributed by atoms with Crippen molar-refractivity contribution in [3.8, 4) is 0 Å². The van der Waals surface area contributed by atoms with Crippen molar-refractivity contribution in [2.75, 3.05) is 4.31 Å². The molecule has 4 rings (SSSR count). The van der Waals surface area contributed by atoms with E-state index in [0.29, 0.717) is 22.5 Å². The molecule has 1 N–H and O–H groups in total. The fraction of sp³-hybridized carbons (Fsp3) is 0.273. The molecule has 7 heteroatoms. The van der Waals surface area contributed by atoms with Gasteiger partial charge in [-0.3, -0.25) is 18.3 Å². The van der Waals surface area contributed by atoms with Crippen LogP contribution in [0.4, 0.5) is 11.4 Å². The zero-order valence-corrected chi connectivity index (χ0v) is 16.7. The summed E-state index contributed by atoms with van der Waals surface area (Å²) in [5.41, 5.74) is 1.61. The lowest BCUT2D eigenvalue weighted by atomic mass is 9.95. The highest BCUT2D eigenvalue weighted by atomic mass is 32.2. The van der Waals surface area contributed by atoms with Crippen LogP contribution in [0.3, 0.4) is 0 Å². The SMILES string of the molecule is O=C(NC1CCCCC1)c1ccccc1N(c1cccc2cccnc12)S(=O)[O-]. The van der Waals surface area contributed by atoms with Crippen LogP contribution in [0.2, 0.25) is 0 Å². The summed E-state index contributed by atoms with van der Waals surface area (Å²) in [4.78, 5) is 17.4. The normalized spacial score (nSPS) is 15.8. The maximum Gasteiger partial charge on any atom is 0.253 e. The minimum Gasteiger partial charge on any atom is -0.755 e. The van der Waals surface area contributed by atoms with Crippen molar-refractivity contribution in [1.82, 2.24) is 10.3 Å². The van der Waals surface area contributed by atoms with Crippen molar-refractivity contribution in [3.05, 3.63) is 66.4 Å². The summed E-state index contributed by atoms with van der Waals surface area (Å²) < 4.78 is 25.7. The fourth-order valence-electron chi connectivity index (χ4n) is 3.90. The molecule has 1 atom stereocenters. The summed E-state index contributed by atoms with van der Waals surface area (Å²) >= 11 is -2.63. The zero-order chi connectivity index (χ0) is 20.2. The maximum absolute atomic E-state index is 13.0. The van der Waals surface area contributed by atoms with Crippen LogP contribution >= 0.6 is 0 Å². The number of pyridine rings is 1. The average molecular weight is 409 g/mol. The van der Waals surface area contributed by atoms with Crippen molar-refractivity contribution < 1.29 is 13.6 Å². The first-order chi connectivity index (χ1) is 14.1. The predicted octanol–water partition coefficient (Wildman–Crippen LogP) is 4.23. The summed E-state index contributed by atoms with van der Waals surface area (Å²) in [5.74, 6) is -0.254. The number of hydrogen-bond acceptors (Lipinski definition) is 4. The van der Waals surface area contributed by atoms with E-state index in [1.807, 2.05) is 12.1 Å². The van der Waals surface area contributed by atoms with Crippen molar-refractivity contribution in [1.29, 1.82) is 0 Å². The molecule has 2 aromatic carbocycles. The zero-order valence-electron chi connectivity index (χ0n) is 15.9. The van der Waals surface area contributed by atoms with Gasteiger partial charge in [0.2, 0.25) is 0 Å². The second-order valence-corrected chi connectivity index (χ2v) is 7.99. The standard InChI is InChI=1S/C22H23N3O3S/c26-22(24-17-10-2-1-3-11-17)18-12-4-5-13-19(18)25(29(27)28)20-14-6-8-16-9-7-15-23-21(16)20/h4-9,12-15,17H,1-3,10-11H2,(H,24,26)(H,27,28)/p-1. The van der Waals surface area contributed by atoms with E-state index in [1.54, 1.807) is 48.7 Å². The highest BCUT2D eigenvalue weighted by Gasteiger charge is 2.23. The van der Waals surface area contributed by atoms with E-state index < -0.39 is 11.3 Å². The van der Waals surface area contributed by atoms with Gasteiger partial charge in [0.1, 0.15) is 0 Å². The number of benzene rings is 2. The summed E-state index contributed by atoms with van der Waals surface area (Å²) in [6, 6.07) is 15.9. The van der Waals surface area contributed by atoms with E-state index in [2.05, 4.69) is 10.3 Å². The van der Waals surface area contributed by atoms with Gasteiger partial charge in [-0.05, 0) is 37.1 Å². The van der Waals surface area contributed by atoms with Gasteiger partial charge in [-0.25, -0.2) is 0 Å². The smallest absolute Gasteiger partial charge is 0.253 e. The van der Waals surface area contributed by atoms with Crippen molar-refractivity contribution in [2.45, 2.75) is 38.1 Å². The average Bonchev–Trinajstić information content (AvgIpc) is 2.75. The fourth-order valence-corrected chi connectivity index (χ4v) is 4.52. The maximum atomic E-state index is 13.0. The minimum atomic E-state index is -2.63. The Kier molecular flexibility index (Phi) is 5.87. The van der Waals surface area contributed by atoms with Crippen molar-refractivity contribution in [2.24, 2.45) is 0 Å². The van der Waals surface area contributed by atoms with Crippen molar-refractivity contribution in [3.63, 3.8) is 0 Å². The van der Waals surface area contributed by atoms with Crippen LogP contribution in [-0.4, -0.2) is 25.7 Å². The van der Waals surface area contributed by atoms with E-state index in [1.165, 1.54) is 6.42 Å². The quantitative estimate of drug-likeness (QED) is 0.640. The molecule has 150 valence electrons. The first-order valence-electron chi connectivity index (χ1n) is 9.78. The molecule has 0 radical (unpaired) electrons. The molecule has 0 aliphatic heterocycles. The monoisotopic (exact) mass is 408 g/mol. The van der Waals surface area contributed by atoms with Crippen LogP contribution in [0.1, 0.15) is 42.5 Å². The van der Waals surface area contributed by atoms with Crippen LogP contribution in [0.5, 0.6) is 0 Å². The van der Waals surface area contributed by atoms with Gasteiger partial charge < -0.3 is 9.87 Å². The third-order valence-corrected chi connectivity index (χ3v) is 5.98. The third kappa shape index (κ3) is 4.16. The second kappa shape index (κ2) is 8.71. The summed E-state index contributed by atoms with van der Waals surface area (Å²) in [6.07, 6.45) is 6.94. The molecule has 3 aromatic rings. The van der Waals surface area contributed by atoms with E-state index in [0.717, 1.165) is 35.4 Å². The van der Waals surface area contributed by atoms with Gasteiger partial charge in [0, 0.05) is 17.6 Å². The Morgan fingerprint density at radius 1 is 1.00 bits per heavy atom. The molecule has 1 amide bonds. The van der Waals surface area contributed by atoms with Crippen LogP contribution in [0, 0.1) is 0 Å². The number of anilines is 2. The van der Waals surface area contributed by atoms with Gasteiger partial charge in [0.15, 0.2) is 0 Å². The van der Waals surface area contributed by atoms with Gasteiger partial charge >= 0.3 is 0 Å². The number of carbonyl (C=O) groups excluding carboxylic acids is 1. The molecule has 0 bridgehead atoms. The van der Waals surface area contributed by atoms with Gasteiger partial charge in [-0.2, -0.15) is 0 Å². The Hall–Kier alpha value is -2.77. The number of hydrogen-bond donors (Lipinski definition) is 1. The Bertz CT molecular complexity index is 1040. The number of para-hydroxylation sites is 2. The Labute approximate surface area is 172 Å². The lowest BCUT2D eigenvalue weighted by molar-refractivity contribution is 0.0928. The number of amides is 1. The second-order valence-electron chi connectivity index (χ2n) is 7.19. The third-order valence-electron chi connectivity index (χ3n) is 5.29. The topological polar surface area (TPSA) is 85.4 Å². The molecular formula is C22H22N3O3S-. The molecule has 1 saturated carbocycles. The first kappa shape index (κ1) is 19.5. The lowest BCUT2D eigenvalue weighted by Gasteiger charge is -2.29. The van der Waals surface area contributed by atoms with E-state index >= 15 is 0 Å². The lowest BCUT2D eigenvalue weighted by Crippen LogP contribution is -2.37. The van der Waals surface area contributed by atoms with Crippen LogP contribution in [0.15, 0.2) is 60.8 Å². The number of rotatable bonds is 5. The largest absolute Gasteiger partial charge is 0.755 e. The number of fused-ring (bicyclic) bond motifs is 1. The van der Waals surface area contributed by atoms with E-state index in [-0.39, 0.29) is 11.9 Å². The molecule has 0 spiro atoms. The highest BCUT2D eigenvalue weighted by Crippen LogP contribution is 2.34. The number of nitrogens with one attached hydrogen (secondary N) is 1. The molecule has 1 aromatic heterocycles. The summed E-state index contributed by atoms with van der Waals surface area (Å²) in [6.45, 7) is 0. The van der Waals surface area contributed by atoms with E-state index in [4.69, 9.17) is 0 Å². The highest BCUT2D eigenvalue weighted by molar-refractivity contribution is 7.81. The molecular weight excluding hydrogens is 386 g/mol. The van der Waals surface area contributed by atoms with Crippen LogP contribution < -0.4 is 9.62 Å². The summed E-state index contributed by atoms with van der Waals surface area (Å²) in [5, 5.41) is 3.90. The minimum absolute atomic E-state index is 0.134.